The maximum atomic E-state index is 11.8. The zero-order valence-electron chi connectivity index (χ0n) is 17.0. The lowest BCUT2D eigenvalue weighted by Gasteiger charge is -2.26. The summed E-state index contributed by atoms with van der Waals surface area (Å²) in [6.45, 7) is 17.1. The Morgan fingerprint density at radius 3 is 1.29 bits per heavy atom. The van der Waals surface area contributed by atoms with E-state index in [4.69, 9.17) is 9.78 Å². The molecule has 0 aliphatic carbocycles. The van der Waals surface area contributed by atoms with Gasteiger partial charge in [-0.3, -0.25) is 0 Å². The maximum absolute atomic E-state index is 11.8. The third-order valence-electron chi connectivity index (χ3n) is 4.97. The lowest BCUT2D eigenvalue weighted by Crippen LogP contribution is -2.20. The van der Waals surface area contributed by atoms with Gasteiger partial charge in [-0.05, 0) is 35.5 Å². The number of hydrogen-bond donors (Lipinski definition) is 0. The summed E-state index contributed by atoms with van der Waals surface area (Å²) in [6, 6.07) is 0. The topological polar surface area (TPSA) is 52.6 Å². The Labute approximate surface area is 148 Å². The Kier molecular flexibility index (Phi) is 9.61. The van der Waals surface area contributed by atoms with Gasteiger partial charge in [-0.15, -0.1) is 0 Å². The van der Waals surface area contributed by atoms with Gasteiger partial charge in [0.05, 0.1) is 12.8 Å². The molecule has 0 saturated carbocycles. The van der Waals surface area contributed by atoms with Gasteiger partial charge in [0, 0.05) is 0 Å². The minimum Gasteiger partial charge on any atom is -0.247 e. The highest BCUT2D eigenvalue weighted by Crippen LogP contribution is 2.31. The first kappa shape index (κ1) is 22.9. The molecule has 2 atom stereocenters. The number of carbonyl (C=O) groups is 2. The number of hydrogen-bond acceptors (Lipinski definition) is 4. The molecule has 24 heavy (non-hydrogen) atoms. The Morgan fingerprint density at radius 1 is 0.750 bits per heavy atom. The molecule has 0 amide bonds. The van der Waals surface area contributed by atoms with E-state index in [2.05, 4.69) is 41.5 Å². The molecule has 4 nitrogen and oxygen atoms in total. The molecule has 0 radical (unpaired) electrons. The fourth-order valence-corrected chi connectivity index (χ4v) is 3.05. The van der Waals surface area contributed by atoms with E-state index >= 15 is 0 Å². The number of rotatable bonds is 10. The molecular formula is C20H38O4. The molecule has 0 fully saturated rings. The molecule has 4 heteroatoms. The zero-order valence-corrected chi connectivity index (χ0v) is 17.0. The van der Waals surface area contributed by atoms with E-state index in [0.717, 1.165) is 25.7 Å². The summed E-state index contributed by atoms with van der Waals surface area (Å²) in [5.74, 6) is -0.528. The van der Waals surface area contributed by atoms with Crippen molar-refractivity contribution in [1.29, 1.82) is 0 Å². The lowest BCUT2D eigenvalue weighted by molar-refractivity contribution is -0.260. The molecule has 0 aromatic carbocycles. The molecule has 0 rings (SSSR count). The largest absolute Gasteiger partial charge is 0.355 e. The van der Waals surface area contributed by atoms with Gasteiger partial charge in [-0.1, -0.05) is 68.2 Å². The van der Waals surface area contributed by atoms with Gasteiger partial charge < -0.3 is 0 Å². The molecule has 0 bridgehead atoms. The molecule has 0 spiro atoms. The molecule has 0 aliphatic heterocycles. The standard InChI is InChI=1S/C20H38O4/c1-9-19(5,6)13-15(3)11-17(21)23-24-18(22)12-16(4)14-20(7,8)10-2/h15-16H,9-14H2,1-8H3. The summed E-state index contributed by atoms with van der Waals surface area (Å²) in [7, 11) is 0. The molecule has 0 aromatic heterocycles. The molecule has 142 valence electrons. The minimum atomic E-state index is -0.468. The quantitative estimate of drug-likeness (QED) is 0.378. The highest BCUT2D eigenvalue weighted by atomic mass is 17.2. The van der Waals surface area contributed by atoms with Gasteiger partial charge in [-0.2, -0.15) is 0 Å². The van der Waals surface area contributed by atoms with Crippen molar-refractivity contribution < 1.29 is 19.4 Å². The molecule has 0 aliphatic rings. The fourth-order valence-electron chi connectivity index (χ4n) is 3.05. The molecule has 0 heterocycles. The van der Waals surface area contributed by atoms with Crippen LogP contribution >= 0.6 is 0 Å². The highest BCUT2D eigenvalue weighted by molar-refractivity contribution is 5.73. The first-order valence-corrected chi connectivity index (χ1v) is 9.31. The van der Waals surface area contributed by atoms with Crippen LogP contribution in [0.1, 0.15) is 93.9 Å². The monoisotopic (exact) mass is 342 g/mol. The van der Waals surface area contributed by atoms with E-state index in [9.17, 15) is 9.59 Å². The van der Waals surface area contributed by atoms with E-state index in [0.29, 0.717) is 0 Å². The lowest BCUT2D eigenvalue weighted by atomic mass is 9.80. The van der Waals surface area contributed by atoms with E-state index in [1.807, 2.05) is 13.8 Å². The van der Waals surface area contributed by atoms with E-state index in [1.165, 1.54) is 0 Å². The van der Waals surface area contributed by atoms with Crippen LogP contribution in [0, 0.1) is 22.7 Å². The second-order valence-corrected chi connectivity index (χ2v) is 8.97. The first-order valence-electron chi connectivity index (χ1n) is 9.31. The van der Waals surface area contributed by atoms with Gasteiger partial charge in [-0.25, -0.2) is 19.4 Å². The van der Waals surface area contributed by atoms with Gasteiger partial charge >= 0.3 is 11.9 Å². The van der Waals surface area contributed by atoms with Gasteiger partial charge in [0.1, 0.15) is 0 Å². The van der Waals surface area contributed by atoms with Crippen LogP contribution in [0.25, 0.3) is 0 Å². The molecule has 0 saturated heterocycles. The Morgan fingerprint density at radius 2 is 1.04 bits per heavy atom. The van der Waals surface area contributed by atoms with Crippen molar-refractivity contribution in [1.82, 2.24) is 0 Å². The maximum Gasteiger partial charge on any atom is 0.355 e. The van der Waals surface area contributed by atoms with Crippen molar-refractivity contribution in [2.45, 2.75) is 93.9 Å². The van der Waals surface area contributed by atoms with Crippen molar-refractivity contribution >= 4 is 11.9 Å². The van der Waals surface area contributed by atoms with Crippen molar-refractivity contribution in [3.05, 3.63) is 0 Å². The van der Waals surface area contributed by atoms with E-state index in [-0.39, 0.29) is 35.5 Å². The average Bonchev–Trinajstić information content (AvgIpc) is 2.43. The zero-order chi connectivity index (χ0) is 19.0. The predicted octanol–water partition coefficient (Wildman–Crippen LogP) is 5.69. The van der Waals surface area contributed by atoms with Crippen LogP contribution in [0.2, 0.25) is 0 Å². The smallest absolute Gasteiger partial charge is 0.247 e. The van der Waals surface area contributed by atoms with Crippen molar-refractivity contribution in [3.8, 4) is 0 Å². The summed E-state index contributed by atoms with van der Waals surface area (Å²) in [5.41, 5.74) is 0.412. The fraction of sp³-hybridized carbons (Fsp3) is 0.900. The molecule has 0 aromatic rings. The Bertz CT molecular complexity index is 360. The highest BCUT2D eigenvalue weighted by Gasteiger charge is 2.24. The summed E-state index contributed by atoms with van der Waals surface area (Å²) in [6.07, 6.45) is 4.55. The van der Waals surface area contributed by atoms with E-state index in [1.54, 1.807) is 0 Å². The SMILES string of the molecule is CCC(C)(C)CC(C)CC(=O)OOC(=O)CC(C)CC(C)(C)CC. The van der Waals surface area contributed by atoms with Crippen molar-refractivity contribution in [3.63, 3.8) is 0 Å². The predicted molar refractivity (Wildman–Crippen MR) is 97.1 cm³/mol. The van der Waals surface area contributed by atoms with Crippen LogP contribution in [0.5, 0.6) is 0 Å². The van der Waals surface area contributed by atoms with Crippen LogP contribution in [0.3, 0.4) is 0 Å². The molecule has 0 N–H and O–H groups in total. The first-order chi connectivity index (χ1) is 10.9. The van der Waals surface area contributed by atoms with Crippen molar-refractivity contribution in [2.75, 3.05) is 0 Å². The van der Waals surface area contributed by atoms with Gasteiger partial charge in [0.2, 0.25) is 0 Å². The van der Waals surface area contributed by atoms with Gasteiger partial charge in [0.25, 0.3) is 0 Å². The summed E-state index contributed by atoms with van der Waals surface area (Å²) >= 11 is 0. The second kappa shape index (κ2) is 10.0. The Balaban J connectivity index is 4.12. The van der Waals surface area contributed by atoms with Crippen molar-refractivity contribution in [2.24, 2.45) is 22.7 Å². The third-order valence-corrected chi connectivity index (χ3v) is 4.97. The second-order valence-electron chi connectivity index (χ2n) is 8.97. The third kappa shape index (κ3) is 10.7. The number of carbonyl (C=O) groups excluding carboxylic acids is 2. The average molecular weight is 343 g/mol. The van der Waals surface area contributed by atoms with Crippen LogP contribution in [0.4, 0.5) is 0 Å². The normalized spacial score (nSPS) is 14.8. The summed E-state index contributed by atoms with van der Waals surface area (Å²) in [4.78, 5) is 33.0. The Hall–Kier alpha value is -1.06. The summed E-state index contributed by atoms with van der Waals surface area (Å²) < 4.78 is 0. The van der Waals surface area contributed by atoms with Crippen LogP contribution in [-0.2, 0) is 19.4 Å². The van der Waals surface area contributed by atoms with Crippen LogP contribution in [0.15, 0.2) is 0 Å². The van der Waals surface area contributed by atoms with Gasteiger partial charge in [0.15, 0.2) is 0 Å². The molecule has 2 unspecified atom stereocenters. The summed E-state index contributed by atoms with van der Waals surface area (Å²) in [5, 5.41) is 0. The van der Waals surface area contributed by atoms with Crippen LogP contribution in [-0.4, -0.2) is 11.9 Å². The van der Waals surface area contributed by atoms with Crippen LogP contribution < -0.4 is 0 Å². The molecular weight excluding hydrogens is 304 g/mol. The van der Waals surface area contributed by atoms with E-state index < -0.39 is 11.9 Å². The minimum absolute atomic E-state index is 0.204.